The molecule has 0 N–H and O–H groups in total. The molecule has 0 radical (unpaired) electrons. The quantitative estimate of drug-likeness (QED) is 0.152. The van der Waals surface area contributed by atoms with E-state index in [1.807, 2.05) is 91.0 Å². The minimum absolute atomic E-state index is 0.163. The van der Waals surface area contributed by atoms with Crippen molar-refractivity contribution in [2.45, 2.75) is 6.54 Å². The molecule has 0 aliphatic carbocycles. The van der Waals surface area contributed by atoms with Crippen molar-refractivity contribution in [2.75, 3.05) is 7.11 Å². The molecule has 0 bridgehead atoms. The van der Waals surface area contributed by atoms with Crippen molar-refractivity contribution in [3.8, 4) is 17.2 Å². The average molecular weight is 510 g/mol. The lowest BCUT2D eigenvalue weighted by Gasteiger charge is -2.12. The van der Waals surface area contributed by atoms with E-state index in [0.29, 0.717) is 21.6 Å². The summed E-state index contributed by atoms with van der Waals surface area (Å²) in [5, 5.41) is 9.11. The van der Waals surface area contributed by atoms with Crippen molar-refractivity contribution in [2.24, 2.45) is 10.2 Å². The van der Waals surface area contributed by atoms with Gasteiger partial charge < -0.3 is 13.9 Å². The lowest BCUT2D eigenvalue weighted by molar-refractivity contribution is -0.122. The Bertz CT molecular complexity index is 1450. The summed E-state index contributed by atoms with van der Waals surface area (Å²) in [4.78, 5) is 15.3. The van der Waals surface area contributed by atoms with Crippen LogP contribution in [0.4, 0.5) is 0 Å². The molecule has 37 heavy (non-hydrogen) atoms. The third-order valence-corrected chi connectivity index (χ3v) is 6.38. The van der Waals surface area contributed by atoms with Crippen molar-refractivity contribution in [3.05, 3.63) is 119 Å². The molecule has 2 heterocycles. The molecule has 3 aromatic carbocycles. The lowest BCUT2D eigenvalue weighted by atomic mass is 10.2. The van der Waals surface area contributed by atoms with Gasteiger partial charge in [0.25, 0.3) is 5.91 Å². The van der Waals surface area contributed by atoms with Crippen LogP contribution in [-0.4, -0.2) is 29.3 Å². The second-order valence-electron chi connectivity index (χ2n) is 7.97. The van der Waals surface area contributed by atoms with Crippen molar-refractivity contribution >= 4 is 35.1 Å². The van der Waals surface area contributed by atoms with E-state index >= 15 is 0 Å². The average Bonchev–Trinajstić information content (AvgIpc) is 3.54. The molecule has 1 fully saturated rings. The number of carbonyl (C=O) groups excluding carboxylic acids is 1. The largest absolute Gasteiger partial charge is 0.497 e. The van der Waals surface area contributed by atoms with Gasteiger partial charge >= 0.3 is 0 Å². The van der Waals surface area contributed by atoms with E-state index in [2.05, 4.69) is 10.2 Å². The summed E-state index contributed by atoms with van der Waals surface area (Å²) in [6.07, 6.45) is 5.04. The van der Waals surface area contributed by atoms with Gasteiger partial charge in [-0.05, 0) is 77.5 Å². The summed E-state index contributed by atoms with van der Waals surface area (Å²) in [5.41, 5.74) is 1.70. The van der Waals surface area contributed by atoms with Gasteiger partial charge in [0.2, 0.25) is 0 Å². The molecule has 1 aliphatic heterocycles. The molecule has 184 valence electrons. The van der Waals surface area contributed by atoms with Crippen LogP contribution in [0.3, 0.4) is 0 Å². The Morgan fingerprint density at radius 1 is 0.892 bits per heavy atom. The summed E-state index contributed by atoms with van der Waals surface area (Å²) >= 11 is 1.27. The van der Waals surface area contributed by atoms with Crippen LogP contribution in [0.2, 0.25) is 0 Å². The van der Waals surface area contributed by atoms with Gasteiger partial charge in [0.1, 0.15) is 23.0 Å². The molecule has 0 spiro atoms. The topological polar surface area (TPSA) is 76.6 Å². The van der Waals surface area contributed by atoms with Crippen LogP contribution in [0.15, 0.2) is 117 Å². The van der Waals surface area contributed by atoms with Crippen molar-refractivity contribution in [1.82, 2.24) is 4.90 Å². The predicted octanol–water partition coefficient (Wildman–Crippen LogP) is 6.59. The van der Waals surface area contributed by atoms with E-state index in [1.54, 1.807) is 30.6 Å². The third-order valence-electron chi connectivity index (χ3n) is 5.38. The molecular formula is C29H23N3O4S. The predicted molar refractivity (Wildman–Crippen MR) is 146 cm³/mol. The second-order valence-corrected chi connectivity index (χ2v) is 8.98. The fourth-order valence-corrected chi connectivity index (χ4v) is 4.49. The van der Waals surface area contributed by atoms with Gasteiger partial charge in [0.15, 0.2) is 5.17 Å². The molecule has 0 unspecified atom stereocenters. The summed E-state index contributed by atoms with van der Waals surface area (Å²) in [6.45, 7) is 0.257. The van der Waals surface area contributed by atoms with Crippen LogP contribution in [0, 0.1) is 0 Å². The van der Waals surface area contributed by atoms with Gasteiger partial charge in [-0.2, -0.15) is 5.10 Å². The molecule has 4 aromatic rings. The summed E-state index contributed by atoms with van der Waals surface area (Å²) in [7, 11) is 1.62. The zero-order chi connectivity index (χ0) is 25.5. The second kappa shape index (κ2) is 11.5. The zero-order valence-corrected chi connectivity index (χ0v) is 20.8. The highest BCUT2D eigenvalue weighted by Crippen LogP contribution is 2.34. The third kappa shape index (κ3) is 6.17. The normalized spacial score (nSPS) is 15.7. The lowest BCUT2D eigenvalue weighted by Crippen LogP contribution is -2.28. The first-order chi connectivity index (χ1) is 18.2. The number of amides is 1. The maximum atomic E-state index is 13.2. The van der Waals surface area contributed by atoms with E-state index in [1.165, 1.54) is 11.8 Å². The number of nitrogens with zero attached hydrogens (tertiary/aromatic N) is 3. The fourth-order valence-electron chi connectivity index (χ4n) is 3.56. The van der Waals surface area contributed by atoms with E-state index in [0.717, 1.165) is 22.6 Å². The highest BCUT2D eigenvalue weighted by atomic mass is 32.2. The first-order valence-corrected chi connectivity index (χ1v) is 12.3. The van der Waals surface area contributed by atoms with Crippen LogP contribution in [-0.2, 0) is 11.3 Å². The van der Waals surface area contributed by atoms with Crippen LogP contribution in [0.5, 0.6) is 17.2 Å². The minimum atomic E-state index is -0.163. The highest BCUT2D eigenvalue weighted by molar-refractivity contribution is 8.18. The number of rotatable bonds is 8. The number of benzene rings is 3. The maximum absolute atomic E-state index is 13.2. The standard InChI is InChI=1S/C29H23N3O4S/c1-34-23-14-12-21(13-15-23)18-27-28(33)32(20-26-11-6-16-35-26)29(37-27)31-30-19-22-7-5-10-25(17-22)36-24-8-3-2-4-9-24/h2-19H,20H2,1H3/b27-18-,30-19-,31-29+. The Morgan fingerprint density at radius 3 is 2.46 bits per heavy atom. The SMILES string of the molecule is COc1ccc(/C=C2\S/C(=N/N=C\c3cccc(Oc4ccccc4)c3)N(Cc3ccco3)C2=O)cc1. The molecule has 1 saturated heterocycles. The molecule has 1 aliphatic rings. The highest BCUT2D eigenvalue weighted by Gasteiger charge is 2.34. The fraction of sp³-hybridized carbons (Fsp3) is 0.0690. The number of amidine groups is 1. The van der Waals surface area contributed by atoms with Gasteiger partial charge in [0.05, 0.1) is 31.0 Å². The number of thioether (sulfide) groups is 1. The molecule has 5 rings (SSSR count). The molecule has 1 aromatic heterocycles. The smallest absolute Gasteiger partial charge is 0.267 e. The Morgan fingerprint density at radius 2 is 1.70 bits per heavy atom. The Labute approximate surface area is 218 Å². The van der Waals surface area contributed by atoms with Gasteiger partial charge in [0, 0.05) is 0 Å². The molecule has 0 atom stereocenters. The number of para-hydroxylation sites is 1. The molecule has 7 nitrogen and oxygen atoms in total. The molecule has 8 heteroatoms. The van der Waals surface area contributed by atoms with Crippen LogP contribution in [0.1, 0.15) is 16.9 Å². The Kier molecular flexibility index (Phi) is 7.47. The van der Waals surface area contributed by atoms with Gasteiger partial charge in [-0.1, -0.05) is 42.5 Å². The molecule has 0 saturated carbocycles. The minimum Gasteiger partial charge on any atom is -0.497 e. The first kappa shape index (κ1) is 24.1. The summed E-state index contributed by atoms with van der Waals surface area (Å²) in [5.74, 6) is 2.69. The molecule has 1 amide bonds. The summed E-state index contributed by atoms with van der Waals surface area (Å²) in [6, 6.07) is 28.2. The zero-order valence-electron chi connectivity index (χ0n) is 20.0. The molecular weight excluding hydrogens is 486 g/mol. The van der Waals surface area contributed by atoms with E-state index in [9.17, 15) is 4.79 Å². The van der Waals surface area contributed by atoms with Gasteiger partial charge in [-0.3, -0.25) is 9.69 Å². The van der Waals surface area contributed by atoms with E-state index in [-0.39, 0.29) is 12.5 Å². The maximum Gasteiger partial charge on any atom is 0.267 e. The monoisotopic (exact) mass is 509 g/mol. The van der Waals surface area contributed by atoms with Crippen LogP contribution >= 0.6 is 11.8 Å². The number of carbonyl (C=O) groups is 1. The van der Waals surface area contributed by atoms with Gasteiger partial charge in [-0.15, -0.1) is 5.10 Å². The van der Waals surface area contributed by atoms with Crippen molar-refractivity contribution < 1.29 is 18.7 Å². The van der Waals surface area contributed by atoms with Gasteiger partial charge in [-0.25, -0.2) is 0 Å². The van der Waals surface area contributed by atoms with Crippen LogP contribution in [0.25, 0.3) is 6.08 Å². The number of ether oxygens (including phenoxy) is 2. The number of hydrogen-bond donors (Lipinski definition) is 0. The summed E-state index contributed by atoms with van der Waals surface area (Å²) < 4.78 is 16.6. The van der Waals surface area contributed by atoms with Crippen molar-refractivity contribution in [3.63, 3.8) is 0 Å². The number of furan rings is 1. The number of methoxy groups -OCH3 is 1. The van der Waals surface area contributed by atoms with E-state index < -0.39 is 0 Å². The Hall–Kier alpha value is -4.56. The number of hydrogen-bond acceptors (Lipinski definition) is 7. The first-order valence-electron chi connectivity index (χ1n) is 11.5. The van der Waals surface area contributed by atoms with Crippen LogP contribution < -0.4 is 9.47 Å². The Balaban J connectivity index is 1.36. The van der Waals surface area contributed by atoms with E-state index in [4.69, 9.17) is 13.9 Å². The van der Waals surface area contributed by atoms with Crippen molar-refractivity contribution in [1.29, 1.82) is 0 Å².